The number of anilines is 1. The summed E-state index contributed by atoms with van der Waals surface area (Å²) in [5.41, 5.74) is 7.53. The Hall–Kier alpha value is -0.670. The van der Waals surface area contributed by atoms with E-state index in [1.165, 1.54) is 0 Å². The fraction of sp³-hybridized carbons (Fsp3) is 0.400. The molecule has 2 rings (SSSR count). The van der Waals surface area contributed by atoms with E-state index in [1.54, 1.807) is 0 Å². The van der Waals surface area contributed by atoms with Crippen molar-refractivity contribution in [1.29, 1.82) is 0 Å². The van der Waals surface area contributed by atoms with Gasteiger partial charge in [0.1, 0.15) is 0 Å². The molecule has 3 heteroatoms. The van der Waals surface area contributed by atoms with Gasteiger partial charge in [-0.2, -0.15) is 0 Å². The van der Waals surface area contributed by atoms with Gasteiger partial charge < -0.3 is 10.8 Å². The van der Waals surface area contributed by atoms with E-state index in [-0.39, 0.29) is 12.0 Å². The third-order valence-corrected chi connectivity index (χ3v) is 3.19. The molecular formula is C10H13NOS. The Bertz CT molecular complexity index is 334. The van der Waals surface area contributed by atoms with Gasteiger partial charge in [0.25, 0.3) is 0 Å². The molecule has 0 aromatic heterocycles. The van der Waals surface area contributed by atoms with E-state index >= 15 is 0 Å². The summed E-state index contributed by atoms with van der Waals surface area (Å²) in [6, 6.07) is 5.80. The molecule has 0 amide bonds. The van der Waals surface area contributed by atoms with Gasteiger partial charge in [0.05, 0.1) is 6.61 Å². The maximum atomic E-state index is 9.21. The first kappa shape index (κ1) is 8.91. The van der Waals surface area contributed by atoms with Crippen molar-refractivity contribution in [3.63, 3.8) is 0 Å². The second kappa shape index (κ2) is 2.93. The van der Waals surface area contributed by atoms with Gasteiger partial charge in [-0.1, -0.05) is 6.07 Å². The quantitative estimate of drug-likeness (QED) is 0.495. The van der Waals surface area contributed by atoms with Crippen LogP contribution in [0.25, 0.3) is 0 Å². The van der Waals surface area contributed by atoms with Gasteiger partial charge in [-0.05, 0) is 30.5 Å². The van der Waals surface area contributed by atoms with Gasteiger partial charge in [0.2, 0.25) is 0 Å². The molecule has 1 aliphatic rings. The van der Waals surface area contributed by atoms with Crippen LogP contribution < -0.4 is 5.73 Å². The second-order valence-electron chi connectivity index (χ2n) is 3.71. The predicted molar refractivity (Wildman–Crippen MR) is 56.1 cm³/mol. The van der Waals surface area contributed by atoms with Crippen LogP contribution in [0, 0.1) is 0 Å². The van der Waals surface area contributed by atoms with Crippen LogP contribution in [0.4, 0.5) is 5.69 Å². The van der Waals surface area contributed by atoms with Crippen molar-refractivity contribution in [3.8, 4) is 0 Å². The Morgan fingerprint density at radius 1 is 1.46 bits per heavy atom. The molecule has 0 unspecified atom stereocenters. The first-order chi connectivity index (χ1) is 6.18. The fourth-order valence-corrected chi connectivity index (χ4v) is 1.78. The fourth-order valence-electron chi connectivity index (χ4n) is 1.56. The molecule has 1 fully saturated rings. The standard InChI is InChI=1S/C10H13NOS/c11-8-2-1-7(5-9(8)13)10(6-12)3-4-10/h1-2,5,12-13H,3-4,6,11H2. The Labute approximate surface area is 83.2 Å². The van der Waals surface area contributed by atoms with Crippen LogP contribution in [0.5, 0.6) is 0 Å². The molecule has 70 valence electrons. The van der Waals surface area contributed by atoms with E-state index in [2.05, 4.69) is 12.6 Å². The van der Waals surface area contributed by atoms with Crippen LogP contribution in [0.15, 0.2) is 23.1 Å². The summed E-state index contributed by atoms with van der Waals surface area (Å²) in [6.45, 7) is 0.226. The van der Waals surface area contributed by atoms with E-state index < -0.39 is 0 Å². The Balaban J connectivity index is 2.37. The van der Waals surface area contributed by atoms with E-state index in [4.69, 9.17) is 5.73 Å². The molecule has 0 saturated heterocycles. The van der Waals surface area contributed by atoms with Crippen LogP contribution in [-0.4, -0.2) is 11.7 Å². The molecule has 3 N–H and O–H groups in total. The summed E-state index contributed by atoms with van der Waals surface area (Å²) in [5.74, 6) is 0. The molecular weight excluding hydrogens is 182 g/mol. The highest BCUT2D eigenvalue weighted by Crippen LogP contribution is 2.48. The van der Waals surface area contributed by atoms with Crippen molar-refractivity contribution >= 4 is 18.3 Å². The zero-order valence-electron chi connectivity index (χ0n) is 7.33. The topological polar surface area (TPSA) is 46.2 Å². The molecule has 0 aliphatic heterocycles. The van der Waals surface area contributed by atoms with Crippen LogP contribution in [0.2, 0.25) is 0 Å². The average Bonchev–Trinajstić information content (AvgIpc) is 2.90. The summed E-state index contributed by atoms with van der Waals surface area (Å²) in [4.78, 5) is 0.803. The lowest BCUT2D eigenvalue weighted by atomic mass is 9.97. The molecule has 1 aromatic rings. The lowest BCUT2D eigenvalue weighted by molar-refractivity contribution is 0.255. The van der Waals surface area contributed by atoms with Gasteiger partial charge in [-0.25, -0.2) is 0 Å². The summed E-state index contributed by atoms with van der Waals surface area (Å²) in [5, 5.41) is 9.21. The van der Waals surface area contributed by atoms with E-state index in [0.29, 0.717) is 5.69 Å². The van der Waals surface area contributed by atoms with Gasteiger partial charge in [0.15, 0.2) is 0 Å². The number of thiol groups is 1. The third-order valence-electron chi connectivity index (χ3n) is 2.80. The zero-order chi connectivity index (χ0) is 9.47. The van der Waals surface area contributed by atoms with Crippen molar-refractivity contribution in [3.05, 3.63) is 23.8 Å². The molecule has 0 radical (unpaired) electrons. The predicted octanol–water partition coefficient (Wildman–Crippen LogP) is 1.58. The van der Waals surface area contributed by atoms with Gasteiger partial charge in [-0.15, -0.1) is 12.6 Å². The first-order valence-electron chi connectivity index (χ1n) is 4.38. The van der Waals surface area contributed by atoms with Crippen LogP contribution >= 0.6 is 12.6 Å². The van der Waals surface area contributed by atoms with Crippen LogP contribution in [0.3, 0.4) is 0 Å². The van der Waals surface area contributed by atoms with Crippen molar-refractivity contribution in [2.75, 3.05) is 12.3 Å². The molecule has 0 spiro atoms. The number of aliphatic hydroxyl groups excluding tert-OH is 1. The van der Waals surface area contributed by atoms with Crippen LogP contribution in [0.1, 0.15) is 18.4 Å². The van der Waals surface area contributed by atoms with Crippen LogP contribution in [-0.2, 0) is 5.41 Å². The zero-order valence-corrected chi connectivity index (χ0v) is 8.22. The highest BCUT2D eigenvalue weighted by atomic mass is 32.1. The number of nitrogens with two attached hydrogens (primary N) is 1. The molecule has 0 bridgehead atoms. The number of benzene rings is 1. The van der Waals surface area contributed by atoms with Gasteiger partial charge in [-0.3, -0.25) is 0 Å². The molecule has 2 nitrogen and oxygen atoms in total. The number of hydrogen-bond acceptors (Lipinski definition) is 3. The second-order valence-corrected chi connectivity index (χ2v) is 4.19. The molecule has 1 saturated carbocycles. The Morgan fingerprint density at radius 2 is 2.15 bits per heavy atom. The van der Waals surface area contributed by atoms with E-state index in [0.717, 1.165) is 23.3 Å². The Kier molecular flexibility index (Phi) is 2.00. The van der Waals surface area contributed by atoms with Crippen molar-refractivity contribution in [2.24, 2.45) is 0 Å². The molecule has 0 atom stereocenters. The smallest absolute Gasteiger partial charge is 0.0527 e. The highest BCUT2D eigenvalue weighted by Gasteiger charge is 2.43. The SMILES string of the molecule is Nc1ccc(C2(CO)CC2)cc1S. The lowest BCUT2D eigenvalue weighted by Gasteiger charge is -2.13. The maximum absolute atomic E-state index is 9.21. The van der Waals surface area contributed by atoms with Gasteiger partial charge in [0, 0.05) is 16.0 Å². The minimum atomic E-state index is 0.0190. The summed E-state index contributed by atoms with van der Waals surface area (Å²) < 4.78 is 0. The number of aliphatic hydroxyl groups is 1. The molecule has 1 aliphatic carbocycles. The van der Waals surface area contributed by atoms with Crippen molar-refractivity contribution < 1.29 is 5.11 Å². The summed E-state index contributed by atoms with van der Waals surface area (Å²) in [6.07, 6.45) is 2.14. The maximum Gasteiger partial charge on any atom is 0.0527 e. The third kappa shape index (κ3) is 1.42. The lowest BCUT2D eigenvalue weighted by Crippen LogP contribution is -2.11. The largest absolute Gasteiger partial charge is 0.398 e. The van der Waals surface area contributed by atoms with Crippen molar-refractivity contribution in [2.45, 2.75) is 23.2 Å². The summed E-state index contributed by atoms with van der Waals surface area (Å²) in [7, 11) is 0. The van der Waals surface area contributed by atoms with Crippen molar-refractivity contribution in [1.82, 2.24) is 0 Å². The minimum absolute atomic E-state index is 0.0190. The summed E-state index contributed by atoms with van der Waals surface area (Å²) >= 11 is 4.26. The number of hydrogen-bond donors (Lipinski definition) is 3. The highest BCUT2D eigenvalue weighted by molar-refractivity contribution is 7.80. The number of nitrogen functional groups attached to an aromatic ring is 1. The molecule has 13 heavy (non-hydrogen) atoms. The average molecular weight is 195 g/mol. The molecule has 0 heterocycles. The monoisotopic (exact) mass is 195 g/mol. The van der Waals surface area contributed by atoms with Gasteiger partial charge >= 0.3 is 0 Å². The normalized spacial score (nSPS) is 18.6. The number of rotatable bonds is 2. The molecule has 1 aromatic carbocycles. The Morgan fingerprint density at radius 3 is 2.62 bits per heavy atom. The first-order valence-corrected chi connectivity index (χ1v) is 4.82. The van der Waals surface area contributed by atoms with E-state index in [1.807, 2.05) is 18.2 Å². The minimum Gasteiger partial charge on any atom is -0.398 e. The van der Waals surface area contributed by atoms with E-state index in [9.17, 15) is 5.11 Å².